The molecule has 0 amide bonds. The van der Waals surface area contributed by atoms with Gasteiger partial charge in [-0.2, -0.15) is 0 Å². The second kappa shape index (κ2) is 7.05. The highest BCUT2D eigenvalue weighted by atomic mass is 79.9. The number of hydrazine groups is 1. The molecule has 1 aromatic rings. The van der Waals surface area contributed by atoms with Crippen molar-refractivity contribution in [2.24, 2.45) is 11.8 Å². The number of hydrogen-bond donors (Lipinski definition) is 2. The van der Waals surface area contributed by atoms with Crippen LogP contribution in [0.5, 0.6) is 0 Å². The Morgan fingerprint density at radius 2 is 2.19 bits per heavy atom. The second-order valence-corrected chi connectivity index (χ2v) is 5.29. The lowest BCUT2D eigenvalue weighted by atomic mass is 9.92. The molecule has 0 spiro atoms. The minimum Gasteiger partial charge on any atom is -0.271 e. The second-order valence-electron chi connectivity index (χ2n) is 4.37. The average molecular weight is 285 g/mol. The molecule has 1 rings (SSSR count). The average Bonchev–Trinajstić information content (AvgIpc) is 2.26. The molecule has 2 unspecified atom stereocenters. The van der Waals surface area contributed by atoms with Crippen LogP contribution in [0.25, 0.3) is 0 Å². The summed E-state index contributed by atoms with van der Waals surface area (Å²) >= 11 is 3.49. The fraction of sp³-hybridized carbons (Fsp3) is 0.538. The lowest BCUT2D eigenvalue weighted by molar-refractivity contribution is 0.357. The fourth-order valence-electron chi connectivity index (χ4n) is 2.00. The van der Waals surface area contributed by atoms with E-state index in [1.54, 1.807) is 0 Å². The molecule has 0 saturated carbocycles. The van der Waals surface area contributed by atoms with Crippen molar-refractivity contribution < 1.29 is 0 Å². The molecule has 3 heteroatoms. The Morgan fingerprint density at radius 3 is 2.75 bits per heavy atom. The molecule has 0 aliphatic heterocycles. The first-order chi connectivity index (χ1) is 7.67. The van der Waals surface area contributed by atoms with E-state index in [2.05, 4.69) is 53.4 Å². The van der Waals surface area contributed by atoms with Crippen LogP contribution >= 0.6 is 15.9 Å². The van der Waals surface area contributed by atoms with Gasteiger partial charge in [0, 0.05) is 10.5 Å². The standard InChI is InChI=1S/C13H21BrN2/c1-3-5-10(2)13(16-15)9-11-6-4-7-12(14)8-11/h4,6-8,10,13,16H,3,5,9,15H2,1-2H3. The van der Waals surface area contributed by atoms with E-state index in [4.69, 9.17) is 5.84 Å². The summed E-state index contributed by atoms with van der Waals surface area (Å²) in [6, 6.07) is 8.77. The third-order valence-corrected chi connectivity index (χ3v) is 3.48. The van der Waals surface area contributed by atoms with Crippen LogP contribution < -0.4 is 11.3 Å². The Balaban J connectivity index is 2.62. The van der Waals surface area contributed by atoms with Gasteiger partial charge in [-0.25, -0.2) is 0 Å². The highest BCUT2D eigenvalue weighted by Crippen LogP contribution is 2.17. The molecule has 0 heterocycles. The van der Waals surface area contributed by atoms with E-state index in [0.29, 0.717) is 12.0 Å². The van der Waals surface area contributed by atoms with E-state index in [1.807, 2.05) is 6.07 Å². The summed E-state index contributed by atoms with van der Waals surface area (Å²) in [5.41, 5.74) is 4.26. The summed E-state index contributed by atoms with van der Waals surface area (Å²) in [7, 11) is 0. The maximum Gasteiger partial charge on any atom is 0.0276 e. The van der Waals surface area contributed by atoms with E-state index in [1.165, 1.54) is 18.4 Å². The minimum absolute atomic E-state index is 0.356. The van der Waals surface area contributed by atoms with Crippen molar-refractivity contribution in [2.45, 2.75) is 39.2 Å². The molecule has 0 aliphatic rings. The highest BCUT2D eigenvalue weighted by Gasteiger charge is 2.15. The van der Waals surface area contributed by atoms with E-state index in [-0.39, 0.29) is 0 Å². The third-order valence-electron chi connectivity index (χ3n) is 2.99. The molecule has 90 valence electrons. The van der Waals surface area contributed by atoms with Gasteiger partial charge in [-0.05, 0) is 36.5 Å². The molecule has 2 atom stereocenters. The van der Waals surface area contributed by atoms with Gasteiger partial charge in [-0.1, -0.05) is 48.3 Å². The summed E-state index contributed by atoms with van der Waals surface area (Å²) in [5.74, 6) is 6.23. The van der Waals surface area contributed by atoms with E-state index in [0.717, 1.165) is 10.9 Å². The van der Waals surface area contributed by atoms with Crippen molar-refractivity contribution in [3.05, 3.63) is 34.3 Å². The monoisotopic (exact) mass is 284 g/mol. The molecule has 0 aliphatic carbocycles. The number of hydrogen-bond acceptors (Lipinski definition) is 2. The molecule has 0 bridgehead atoms. The number of nitrogens with one attached hydrogen (secondary N) is 1. The maximum absolute atomic E-state index is 5.63. The van der Waals surface area contributed by atoms with Gasteiger partial charge >= 0.3 is 0 Å². The van der Waals surface area contributed by atoms with E-state index < -0.39 is 0 Å². The van der Waals surface area contributed by atoms with Crippen molar-refractivity contribution in [3.63, 3.8) is 0 Å². The molecule has 16 heavy (non-hydrogen) atoms. The predicted octanol–water partition coefficient (Wildman–Crippen LogP) is 3.26. The quantitative estimate of drug-likeness (QED) is 0.622. The summed E-state index contributed by atoms with van der Waals surface area (Å²) in [6.45, 7) is 4.47. The van der Waals surface area contributed by atoms with Crippen LogP contribution in [-0.2, 0) is 6.42 Å². The SMILES string of the molecule is CCCC(C)C(Cc1cccc(Br)c1)NN. The maximum atomic E-state index is 5.63. The zero-order chi connectivity index (χ0) is 12.0. The molecule has 2 nitrogen and oxygen atoms in total. The normalized spacial score (nSPS) is 14.8. The summed E-state index contributed by atoms with van der Waals surface area (Å²) in [4.78, 5) is 0. The van der Waals surface area contributed by atoms with Gasteiger partial charge in [0.15, 0.2) is 0 Å². The Morgan fingerprint density at radius 1 is 1.44 bits per heavy atom. The van der Waals surface area contributed by atoms with E-state index >= 15 is 0 Å². The Bertz CT molecular complexity index is 315. The minimum atomic E-state index is 0.356. The Labute approximate surface area is 107 Å². The van der Waals surface area contributed by atoms with Crippen molar-refractivity contribution >= 4 is 15.9 Å². The number of nitrogens with two attached hydrogens (primary N) is 1. The smallest absolute Gasteiger partial charge is 0.0276 e. The molecular formula is C13H21BrN2. The van der Waals surface area contributed by atoms with Crippen LogP contribution in [0.15, 0.2) is 28.7 Å². The van der Waals surface area contributed by atoms with Crippen LogP contribution in [0.4, 0.5) is 0 Å². The summed E-state index contributed by atoms with van der Waals surface area (Å²) in [5, 5.41) is 0. The molecule has 1 aromatic carbocycles. The van der Waals surface area contributed by atoms with Gasteiger partial charge in [0.2, 0.25) is 0 Å². The van der Waals surface area contributed by atoms with Crippen LogP contribution in [0.3, 0.4) is 0 Å². The van der Waals surface area contributed by atoms with Crippen LogP contribution in [0, 0.1) is 5.92 Å². The predicted molar refractivity (Wildman–Crippen MR) is 73.0 cm³/mol. The first-order valence-electron chi connectivity index (χ1n) is 5.88. The number of rotatable bonds is 6. The zero-order valence-corrected chi connectivity index (χ0v) is 11.6. The first-order valence-corrected chi connectivity index (χ1v) is 6.67. The topological polar surface area (TPSA) is 38.0 Å². The largest absolute Gasteiger partial charge is 0.271 e. The van der Waals surface area contributed by atoms with Crippen molar-refractivity contribution in [1.82, 2.24) is 5.43 Å². The fourth-order valence-corrected chi connectivity index (χ4v) is 2.45. The highest BCUT2D eigenvalue weighted by molar-refractivity contribution is 9.10. The van der Waals surface area contributed by atoms with Crippen LogP contribution in [-0.4, -0.2) is 6.04 Å². The third kappa shape index (κ3) is 4.24. The van der Waals surface area contributed by atoms with Crippen LogP contribution in [0.2, 0.25) is 0 Å². The van der Waals surface area contributed by atoms with Crippen molar-refractivity contribution in [2.75, 3.05) is 0 Å². The van der Waals surface area contributed by atoms with Crippen molar-refractivity contribution in [1.29, 1.82) is 0 Å². The van der Waals surface area contributed by atoms with Gasteiger partial charge in [0.25, 0.3) is 0 Å². The Kier molecular flexibility index (Phi) is 6.03. The van der Waals surface area contributed by atoms with Crippen molar-refractivity contribution in [3.8, 4) is 0 Å². The van der Waals surface area contributed by atoms with Gasteiger partial charge in [0.05, 0.1) is 0 Å². The van der Waals surface area contributed by atoms with Crippen LogP contribution in [0.1, 0.15) is 32.3 Å². The number of benzene rings is 1. The molecule has 0 radical (unpaired) electrons. The Hall–Kier alpha value is -0.380. The van der Waals surface area contributed by atoms with Gasteiger partial charge in [0.1, 0.15) is 0 Å². The molecule has 3 N–H and O–H groups in total. The van der Waals surface area contributed by atoms with Gasteiger partial charge < -0.3 is 0 Å². The zero-order valence-electron chi connectivity index (χ0n) is 10.0. The van der Waals surface area contributed by atoms with Gasteiger partial charge in [-0.15, -0.1) is 0 Å². The summed E-state index contributed by atoms with van der Waals surface area (Å²) < 4.78 is 1.13. The van der Waals surface area contributed by atoms with Gasteiger partial charge in [-0.3, -0.25) is 11.3 Å². The first kappa shape index (κ1) is 13.7. The summed E-state index contributed by atoms with van der Waals surface area (Å²) in [6.07, 6.45) is 3.40. The molecule has 0 saturated heterocycles. The molecule has 0 aromatic heterocycles. The van der Waals surface area contributed by atoms with E-state index in [9.17, 15) is 0 Å². The molecular weight excluding hydrogens is 264 g/mol. The number of halogens is 1. The molecule has 0 fully saturated rings. The lowest BCUT2D eigenvalue weighted by Crippen LogP contribution is -2.41. The lowest BCUT2D eigenvalue weighted by Gasteiger charge is -2.23.